The number of amides is 1. The zero-order chi connectivity index (χ0) is 10.0. The predicted molar refractivity (Wildman–Crippen MR) is 54.6 cm³/mol. The largest absolute Gasteiger partial charge is 0.355 e. The summed E-state index contributed by atoms with van der Waals surface area (Å²) in [6.45, 7) is 1.81. The minimum absolute atomic E-state index is 0.156. The highest BCUT2D eigenvalue weighted by atomic mass is 35.5. The molecular weight excluding hydrogens is 209 g/mol. The third-order valence-corrected chi connectivity index (χ3v) is 2.46. The molecule has 0 atom stereocenters. The van der Waals surface area contributed by atoms with E-state index in [-0.39, 0.29) is 5.91 Å². The van der Waals surface area contributed by atoms with E-state index in [9.17, 15) is 4.79 Å². The van der Waals surface area contributed by atoms with Crippen LogP contribution in [-0.4, -0.2) is 13.0 Å². The van der Waals surface area contributed by atoms with Crippen molar-refractivity contribution in [2.75, 3.05) is 7.05 Å². The van der Waals surface area contributed by atoms with Crippen molar-refractivity contribution < 1.29 is 4.79 Å². The molecule has 0 unspecified atom stereocenters. The lowest BCUT2D eigenvalue weighted by molar-refractivity contribution is 0.0962. The number of benzene rings is 1. The van der Waals surface area contributed by atoms with E-state index in [0.29, 0.717) is 15.6 Å². The summed E-state index contributed by atoms with van der Waals surface area (Å²) in [5.41, 5.74) is 1.37. The maximum atomic E-state index is 11.3. The van der Waals surface area contributed by atoms with Crippen LogP contribution in [0.2, 0.25) is 10.0 Å². The number of nitrogens with one attached hydrogen (secondary N) is 1. The zero-order valence-electron chi connectivity index (χ0n) is 7.32. The van der Waals surface area contributed by atoms with Crippen molar-refractivity contribution in [1.82, 2.24) is 5.32 Å². The van der Waals surface area contributed by atoms with Gasteiger partial charge in [0.15, 0.2) is 0 Å². The van der Waals surface area contributed by atoms with Crippen LogP contribution in [0.25, 0.3) is 0 Å². The maximum Gasteiger partial charge on any atom is 0.251 e. The third-order valence-electron chi connectivity index (χ3n) is 1.74. The molecule has 0 spiro atoms. The second-order valence-corrected chi connectivity index (χ2v) is 3.47. The second-order valence-electron chi connectivity index (χ2n) is 2.66. The maximum absolute atomic E-state index is 11.3. The van der Waals surface area contributed by atoms with Gasteiger partial charge in [-0.15, -0.1) is 0 Å². The molecular formula is C9H9Cl2NO. The lowest BCUT2D eigenvalue weighted by atomic mass is 10.1. The molecule has 0 aromatic heterocycles. The lowest BCUT2D eigenvalue weighted by Gasteiger charge is -2.05. The smallest absolute Gasteiger partial charge is 0.251 e. The second kappa shape index (κ2) is 3.99. The Balaban J connectivity index is 3.23. The molecule has 0 aliphatic rings. The summed E-state index contributed by atoms with van der Waals surface area (Å²) in [5.74, 6) is -0.156. The first-order valence-corrected chi connectivity index (χ1v) is 4.49. The minimum Gasteiger partial charge on any atom is -0.355 e. The van der Waals surface area contributed by atoms with Crippen molar-refractivity contribution in [2.45, 2.75) is 6.92 Å². The first-order valence-electron chi connectivity index (χ1n) is 3.74. The van der Waals surface area contributed by atoms with E-state index in [4.69, 9.17) is 23.2 Å². The Labute approximate surface area is 86.8 Å². The van der Waals surface area contributed by atoms with Crippen LogP contribution in [0.1, 0.15) is 15.9 Å². The lowest BCUT2D eigenvalue weighted by Crippen LogP contribution is -2.18. The topological polar surface area (TPSA) is 29.1 Å². The number of halogens is 2. The number of hydrogen-bond donors (Lipinski definition) is 1. The quantitative estimate of drug-likeness (QED) is 0.771. The molecule has 0 aliphatic heterocycles. The minimum atomic E-state index is -0.156. The van der Waals surface area contributed by atoms with Crippen LogP contribution in [0.15, 0.2) is 12.1 Å². The van der Waals surface area contributed by atoms with E-state index in [1.807, 2.05) is 6.92 Å². The van der Waals surface area contributed by atoms with E-state index in [1.165, 1.54) is 0 Å². The third kappa shape index (κ3) is 2.14. The van der Waals surface area contributed by atoms with Gasteiger partial charge in [0.2, 0.25) is 0 Å². The molecule has 1 N–H and O–H groups in total. The summed E-state index contributed by atoms with van der Waals surface area (Å²) in [7, 11) is 1.57. The molecule has 1 rings (SSSR count). The first kappa shape index (κ1) is 10.4. The molecule has 0 fully saturated rings. The normalized spacial score (nSPS) is 9.85. The summed E-state index contributed by atoms with van der Waals surface area (Å²) >= 11 is 11.5. The highest BCUT2D eigenvalue weighted by Gasteiger charge is 2.09. The van der Waals surface area contributed by atoms with Crippen molar-refractivity contribution in [1.29, 1.82) is 0 Å². The Kier molecular flexibility index (Phi) is 3.17. The van der Waals surface area contributed by atoms with Crippen molar-refractivity contribution >= 4 is 29.1 Å². The Morgan fingerprint density at radius 1 is 1.31 bits per heavy atom. The first-order chi connectivity index (χ1) is 6.06. The molecule has 0 saturated heterocycles. The van der Waals surface area contributed by atoms with Gasteiger partial charge in [0.1, 0.15) is 0 Å². The molecule has 0 heterocycles. The van der Waals surface area contributed by atoms with E-state index in [2.05, 4.69) is 5.32 Å². The highest BCUT2D eigenvalue weighted by molar-refractivity contribution is 6.42. The molecule has 1 aromatic rings. The molecule has 0 aliphatic carbocycles. The number of hydrogen-bond acceptors (Lipinski definition) is 1. The van der Waals surface area contributed by atoms with Crippen LogP contribution >= 0.6 is 23.2 Å². The van der Waals surface area contributed by atoms with Crippen LogP contribution in [-0.2, 0) is 0 Å². The van der Waals surface area contributed by atoms with Crippen LogP contribution in [0, 0.1) is 6.92 Å². The van der Waals surface area contributed by atoms with E-state index < -0.39 is 0 Å². The molecule has 2 nitrogen and oxygen atoms in total. The average molecular weight is 218 g/mol. The van der Waals surface area contributed by atoms with E-state index in [1.54, 1.807) is 19.2 Å². The van der Waals surface area contributed by atoms with Crippen molar-refractivity contribution in [3.63, 3.8) is 0 Å². The SMILES string of the molecule is CNC(=O)c1cc(Cl)c(Cl)cc1C. The van der Waals surface area contributed by atoms with Crippen LogP contribution in [0.3, 0.4) is 0 Å². The fraction of sp³-hybridized carbons (Fsp3) is 0.222. The summed E-state index contributed by atoms with van der Waals surface area (Å²) in [6, 6.07) is 3.24. The average Bonchev–Trinajstić information content (AvgIpc) is 2.10. The predicted octanol–water partition coefficient (Wildman–Crippen LogP) is 2.66. The Morgan fingerprint density at radius 2 is 1.85 bits per heavy atom. The number of carbonyl (C=O) groups is 1. The van der Waals surface area contributed by atoms with Crippen LogP contribution < -0.4 is 5.32 Å². The van der Waals surface area contributed by atoms with Gasteiger partial charge in [-0.3, -0.25) is 4.79 Å². The summed E-state index contributed by atoms with van der Waals surface area (Å²) in [6.07, 6.45) is 0. The molecule has 0 radical (unpaired) electrons. The van der Waals surface area contributed by atoms with Crippen molar-refractivity contribution in [2.24, 2.45) is 0 Å². The highest BCUT2D eigenvalue weighted by Crippen LogP contribution is 2.25. The molecule has 1 amide bonds. The Morgan fingerprint density at radius 3 is 2.38 bits per heavy atom. The van der Waals surface area contributed by atoms with Gasteiger partial charge >= 0.3 is 0 Å². The summed E-state index contributed by atoms with van der Waals surface area (Å²) in [4.78, 5) is 11.3. The standard InChI is InChI=1S/C9H9Cl2NO/c1-5-3-7(10)8(11)4-6(5)9(13)12-2/h3-4H,1-2H3,(H,12,13). The molecule has 13 heavy (non-hydrogen) atoms. The van der Waals surface area contributed by atoms with Gasteiger partial charge in [0.05, 0.1) is 10.0 Å². The fourth-order valence-electron chi connectivity index (χ4n) is 1.03. The fourth-order valence-corrected chi connectivity index (χ4v) is 1.41. The van der Waals surface area contributed by atoms with Gasteiger partial charge < -0.3 is 5.32 Å². The van der Waals surface area contributed by atoms with Gasteiger partial charge in [-0.2, -0.15) is 0 Å². The van der Waals surface area contributed by atoms with Gasteiger partial charge in [0.25, 0.3) is 5.91 Å². The van der Waals surface area contributed by atoms with E-state index >= 15 is 0 Å². The van der Waals surface area contributed by atoms with Crippen LogP contribution in [0.5, 0.6) is 0 Å². The zero-order valence-corrected chi connectivity index (χ0v) is 8.83. The van der Waals surface area contributed by atoms with Crippen molar-refractivity contribution in [3.8, 4) is 0 Å². The van der Waals surface area contributed by atoms with Gasteiger partial charge in [0, 0.05) is 12.6 Å². The van der Waals surface area contributed by atoms with Gasteiger partial charge in [-0.05, 0) is 24.6 Å². The van der Waals surface area contributed by atoms with Crippen molar-refractivity contribution in [3.05, 3.63) is 33.3 Å². The number of aryl methyl sites for hydroxylation is 1. The summed E-state index contributed by atoms with van der Waals surface area (Å²) < 4.78 is 0. The Hall–Kier alpha value is -0.730. The van der Waals surface area contributed by atoms with E-state index in [0.717, 1.165) is 5.56 Å². The number of carbonyl (C=O) groups excluding carboxylic acids is 1. The van der Waals surface area contributed by atoms with Gasteiger partial charge in [-0.1, -0.05) is 23.2 Å². The van der Waals surface area contributed by atoms with Crippen LogP contribution in [0.4, 0.5) is 0 Å². The molecule has 70 valence electrons. The van der Waals surface area contributed by atoms with Gasteiger partial charge in [-0.25, -0.2) is 0 Å². The molecule has 0 bridgehead atoms. The molecule has 1 aromatic carbocycles. The molecule has 4 heteroatoms. The summed E-state index contributed by atoms with van der Waals surface area (Å²) in [5, 5.41) is 3.39. The monoisotopic (exact) mass is 217 g/mol. The molecule has 0 saturated carbocycles. The number of rotatable bonds is 1. The Bertz CT molecular complexity index is 350.